The lowest BCUT2D eigenvalue weighted by Crippen LogP contribution is -2.32. The zero-order chi connectivity index (χ0) is 11.1. The molecule has 5 heteroatoms. The highest BCUT2D eigenvalue weighted by atomic mass is 32.2. The predicted molar refractivity (Wildman–Crippen MR) is 63.2 cm³/mol. The van der Waals surface area contributed by atoms with Crippen LogP contribution in [0.15, 0.2) is 0 Å². The number of likely N-dealkylation sites (tertiary alicyclic amines) is 1. The van der Waals surface area contributed by atoms with Crippen LogP contribution in [0.1, 0.15) is 19.3 Å². The maximum Gasteiger partial charge on any atom is 0.321 e. The highest BCUT2D eigenvalue weighted by Gasteiger charge is 2.12. The standard InChI is InChI=1S/C10H20N2O2S/c11-9(10(13)14)8-15-7-3-6-12-4-1-2-5-12/h9H,1-8,11H2,(H,13,14)/t9-/m0/s1. The van der Waals surface area contributed by atoms with E-state index in [0.29, 0.717) is 5.75 Å². The Kier molecular flexibility index (Phi) is 6.05. The number of hydrogen-bond acceptors (Lipinski definition) is 4. The van der Waals surface area contributed by atoms with Gasteiger partial charge < -0.3 is 15.7 Å². The first kappa shape index (κ1) is 12.8. The molecule has 0 aromatic carbocycles. The monoisotopic (exact) mass is 232 g/mol. The first-order chi connectivity index (χ1) is 7.20. The van der Waals surface area contributed by atoms with Crippen LogP contribution >= 0.6 is 11.8 Å². The summed E-state index contributed by atoms with van der Waals surface area (Å²) in [6, 6.07) is -0.707. The Morgan fingerprint density at radius 3 is 2.73 bits per heavy atom. The van der Waals surface area contributed by atoms with E-state index in [-0.39, 0.29) is 0 Å². The van der Waals surface area contributed by atoms with Crippen LogP contribution in [0.5, 0.6) is 0 Å². The van der Waals surface area contributed by atoms with E-state index >= 15 is 0 Å². The molecule has 1 atom stereocenters. The van der Waals surface area contributed by atoms with E-state index in [1.54, 1.807) is 11.8 Å². The molecule has 1 heterocycles. The van der Waals surface area contributed by atoms with Gasteiger partial charge in [-0.2, -0.15) is 11.8 Å². The predicted octanol–water partition coefficient (Wildman–Crippen LogP) is 0.617. The summed E-state index contributed by atoms with van der Waals surface area (Å²) < 4.78 is 0. The molecular formula is C10H20N2O2S. The van der Waals surface area contributed by atoms with Crippen molar-refractivity contribution in [1.29, 1.82) is 0 Å². The van der Waals surface area contributed by atoms with Crippen LogP contribution in [0.4, 0.5) is 0 Å². The van der Waals surface area contributed by atoms with Crippen molar-refractivity contribution < 1.29 is 9.90 Å². The minimum atomic E-state index is -0.901. The highest BCUT2D eigenvalue weighted by molar-refractivity contribution is 7.99. The topological polar surface area (TPSA) is 66.6 Å². The van der Waals surface area contributed by atoms with E-state index in [0.717, 1.165) is 18.7 Å². The third kappa shape index (κ3) is 5.39. The third-order valence-electron chi connectivity index (χ3n) is 2.58. The van der Waals surface area contributed by atoms with Gasteiger partial charge in [0.05, 0.1) is 0 Å². The number of hydrogen-bond donors (Lipinski definition) is 2. The van der Waals surface area contributed by atoms with Gasteiger partial charge in [-0.25, -0.2) is 0 Å². The summed E-state index contributed by atoms with van der Waals surface area (Å²) in [7, 11) is 0. The van der Waals surface area contributed by atoms with Crippen LogP contribution in [0.2, 0.25) is 0 Å². The van der Waals surface area contributed by atoms with Crippen molar-refractivity contribution in [2.24, 2.45) is 5.73 Å². The maximum atomic E-state index is 10.4. The summed E-state index contributed by atoms with van der Waals surface area (Å²) in [6.07, 6.45) is 3.80. The molecule has 1 fully saturated rings. The lowest BCUT2D eigenvalue weighted by Gasteiger charge is -2.13. The summed E-state index contributed by atoms with van der Waals surface area (Å²) >= 11 is 1.64. The molecule has 1 aliphatic rings. The fraction of sp³-hybridized carbons (Fsp3) is 0.900. The van der Waals surface area contributed by atoms with Crippen LogP contribution < -0.4 is 5.73 Å². The molecule has 15 heavy (non-hydrogen) atoms. The minimum Gasteiger partial charge on any atom is -0.480 e. The second-order valence-corrected chi connectivity index (χ2v) is 5.07. The summed E-state index contributed by atoms with van der Waals surface area (Å²) in [5, 5.41) is 8.56. The van der Waals surface area contributed by atoms with E-state index in [9.17, 15) is 4.79 Å². The van der Waals surface area contributed by atoms with Gasteiger partial charge in [-0.1, -0.05) is 0 Å². The number of nitrogens with zero attached hydrogens (tertiary/aromatic N) is 1. The number of thioether (sulfide) groups is 1. The summed E-state index contributed by atoms with van der Waals surface area (Å²) in [5.41, 5.74) is 5.39. The molecule has 0 radical (unpaired) electrons. The van der Waals surface area contributed by atoms with E-state index in [4.69, 9.17) is 10.8 Å². The number of carbonyl (C=O) groups is 1. The quantitative estimate of drug-likeness (QED) is 0.630. The van der Waals surface area contributed by atoms with Crippen molar-refractivity contribution in [2.75, 3.05) is 31.1 Å². The molecule has 1 rings (SSSR count). The van der Waals surface area contributed by atoms with Crippen LogP contribution in [-0.4, -0.2) is 53.2 Å². The fourth-order valence-corrected chi connectivity index (χ4v) is 2.57. The van der Waals surface area contributed by atoms with E-state index in [1.807, 2.05) is 0 Å². The average Bonchev–Trinajstić information content (AvgIpc) is 2.69. The van der Waals surface area contributed by atoms with Crippen molar-refractivity contribution in [1.82, 2.24) is 4.90 Å². The van der Waals surface area contributed by atoms with Gasteiger partial charge in [0.2, 0.25) is 0 Å². The normalized spacial score (nSPS) is 19.3. The zero-order valence-electron chi connectivity index (χ0n) is 9.02. The second-order valence-electron chi connectivity index (χ2n) is 3.92. The van der Waals surface area contributed by atoms with Crippen LogP contribution in [0.3, 0.4) is 0 Å². The maximum absolute atomic E-state index is 10.4. The first-order valence-electron chi connectivity index (χ1n) is 5.48. The molecule has 0 amide bonds. The van der Waals surface area contributed by atoms with Crippen LogP contribution in [0, 0.1) is 0 Å². The largest absolute Gasteiger partial charge is 0.480 e. The van der Waals surface area contributed by atoms with Crippen molar-refractivity contribution >= 4 is 17.7 Å². The number of rotatable bonds is 7. The summed E-state index contributed by atoms with van der Waals surface area (Å²) in [4.78, 5) is 12.9. The van der Waals surface area contributed by atoms with Gasteiger partial charge in [0.25, 0.3) is 0 Å². The molecule has 0 spiro atoms. The van der Waals surface area contributed by atoms with Gasteiger partial charge in [-0.3, -0.25) is 4.79 Å². The Balaban J connectivity index is 1.90. The van der Waals surface area contributed by atoms with Gasteiger partial charge in [0.1, 0.15) is 6.04 Å². The van der Waals surface area contributed by atoms with Gasteiger partial charge in [0, 0.05) is 5.75 Å². The van der Waals surface area contributed by atoms with Crippen LogP contribution in [-0.2, 0) is 4.79 Å². The lowest BCUT2D eigenvalue weighted by atomic mass is 10.4. The zero-order valence-corrected chi connectivity index (χ0v) is 9.84. The molecule has 0 saturated carbocycles. The van der Waals surface area contributed by atoms with Gasteiger partial charge in [-0.05, 0) is 44.6 Å². The van der Waals surface area contributed by atoms with Gasteiger partial charge in [-0.15, -0.1) is 0 Å². The average molecular weight is 232 g/mol. The number of nitrogens with two attached hydrogens (primary N) is 1. The molecule has 88 valence electrons. The Hall–Kier alpha value is -0.260. The SMILES string of the molecule is N[C@@H](CSCCCN1CCCC1)C(=O)O. The Morgan fingerprint density at radius 1 is 1.47 bits per heavy atom. The molecule has 0 bridgehead atoms. The van der Waals surface area contributed by atoms with Crippen molar-refractivity contribution in [3.63, 3.8) is 0 Å². The smallest absolute Gasteiger partial charge is 0.321 e. The Morgan fingerprint density at radius 2 is 2.13 bits per heavy atom. The molecular weight excluding hydrogens is 212 g/mol. The van der Waals surface area contributed by atoms with Crippen molar-refractivity contribution in [3.05, 3.63) is 0 Å². The highest BCUT2D eigenvalue weighted by Crippen LogP contribution is 2.10. The lowest BCUT2D eigenvalue weighted by molar-refractivity contribution is -0.137. The Bertz CT molecular complexity index is 196. The second kappa shape index (κ2) is 7.09. The summed E-state index contributed by atoms with van der Waals surface area (Å²) in [6.45, 7) is 3.62. The molecule has 0 aliphatic carbocycles. The van der Waals surface area contributed by atoms with Gasteiger partial charge >= 0.3 is 5.97 Å². The number of aliphatic carboxylic acids is 1. The third-order valence-corrected chi connectivity index (χ3v) is 3.75. The molecule has 1 saturated heterocycles. The summed E-state index contributed by atoms with van der Waals surface area (Å²) in [5.74, 6) is 0.634. The Labute approximate surface area is 95.2 Å². The van der Waals surface area contributed by atoms with Gasteiger partial charge in [0.15, 0.2) is 0 Å². The molecule has 0 aromatic heterocycles. The van der Waals surface area contributed by atoms with Crippen molar-refractivity contribution in [2.45, 2.75) is 25.3 Å². The van der Waals surface area contributed by atoms with E-state index in [2.05, 4.69) is 4.90 Å². The molecule has 3 N–H and O–H groups in total. The van der Waals surface area contributed by atoms with Crippen molar-refractivity contribution in [3.8, 4) is 0 Å². The van der Waals surface area contributed by atoms with E-state index < -0.39 is 12.0 Å². The fourth-order valence-electron chi connectivity index (χ4n) is 1.68. The first-order valence-corrected chi connectivity index (χ1v) is 6.64. The minimum absolute atomic E-state index is 0.523. The molecule has 0 aromatic rings. The number of carboxylic acid groups (broad SMARTS) is 1. The molecule has 0 unspecified atom stereocenters. The van der Waals surface area contributed by atoms with Crippen LogP contribution in [0.25, 0.3) is 0 Å². The number of carboxylic acids is 1. The molecule has 1 aliphatic heterocycles. The van der Waals surface area contributed by atoms with E-state index in [1.165, 1.54) is 25.9 Å². The molecule has 4 nitrogen and oxygen atoms in total.